The predicted molar refractivity (Wildman–Crippen MR) is 186 cm³/mol. The van der Waals surface area contributed by atoms with Gasteiger partial charge in [0.15, 0.2) is 0 Å². The summed E-state index contributed by atoms with van der Waals surface area (Å²) in [5, 5.41) is 0.869. The third-order valence-corrected chi connectivity index (χ3v) is 8.87. The van der Waals surface area contributed by atoms with E-state index in [0.717, 1.165) is 55.5 Å². The van der Waals surface area contributed by atoms with Crippen molar-refractivity contribution in [2.24, 2.45) is 0 Å². The number of nitrogens with zero attached hydrogens (tertiary/aromatic N) is 3. The minimum Gasteiger partial charge on any atom is -0.459 e. The van der Waals surface area contributed by atoms with Gasteiger partial charge in [-0.3, -0.25) is 19.3 Å². The van der Waals surface area contributed by atoms with Crippen LogP contribution in [0.5, 0.6) is 0 Å². The first-order chi connectivity index (χ1) is 21.0. The minimum absolute atomic E-state index is 0. The highest BCUT2D eigenvalue weighted by molar-refractivity contribution is 6.42. The van der Waals surface area contributed by atoms with Gasteiger partial charge in [0.2, 0.25) is 5.91 Å². The minimum atomic E-state index is -0.671. The lowest BCUT2D eigenvalue weighted by Crippen LogP contribution is -2.49. The molecule has 1 fully saturated rings. The first kappa shape index (κ1) is 37.9. The number of fused-ring (bicyclic) bond motifs is 1. The highest BCUT2D eigenvalue weighted by Crippen LogP contribution is 2.40. The molecule has 254 valence electrons. The first-order valence-corrected chi connectivity index (χ1v) is 16.5. The van der Waals surface area contributed by atoms with Gasteiger partial charge in [-0.15, -0.1) is 12.4 Å². The lowest BCUT2D eigenvalue weighted by molar-refractivity contribution is -0.154. The average molecular weight is 697 g/mol. The lowest BCUT2D eigenvalue weighted by Gasteiger charge is -2.44. The summed E-state index contributed by atoms with van der Waals surface area (Å²) >= 11 is 12.4. The number of esters is 2. The molecule has 0 radical (unpaired) electrons. The summed E-state index contributed by atoms with van der Waals surface area (Å²) in [6.45, 7) is 12.6. The lowest BCUT2D eigenvalue weighted by atomic mass is 9.82. The van der Waals surface area contributed by atoms with Crippen molar-refractivity contribution in [3.8, 4) is 0 Å². The molecule has 0 saturated carbocycles. The van der Waals surface area contributed by atoms with Crippen LogP contribution in [0, 0.1) is 0 Å². The second-order valence-electron chi connectivity index (χ2n) is 14.1. The van der Waals surface area contributed by atoms with Crippen molar-refractivity contribution in [1.82, 2.24) is 9.80 Å². The predicted octanol–water partition coefficient (Wildman–Crippen LogP) is 7.06. The number of hydrogen-bond donors (Lipinski definition) is 0. The van der Waals surface area contributed by atoms with Crippen LogP contribution in [0.4, 0.5) is 5.69 Å². The van der Waals surface area contributed by atoms with E-state index in [9.17, 15) is 14.4 Å². The van der Waals surface area contributed by atoms with Crippen LogP contribution in [0.15, 0.2) is 36.4 Å². The Labute approximate surface area is 290 Å². The molecule has 1 aliphatic heterocycles. The molecular formula is C35H48Cl3N3O5. The van der Waals surface area contributed by atoms with E-state index in [2.05, 4.69) is 11.0 Å². The molecule has 2 atom stereocenters. The zero-order valence-corrected chi connectivity index (χ0v) is 30.4. The molecule has 11 heteroatoms. The van der Waals surface area contributed by atoms with Gasteiger partial charge in [0.05, 0.1) is 22.5 Å². The van der Waals surface area contributed by atoms with E-state index in [0.29, 0.717) is 15.7 Å². The van der Waals surface area contributed by atoms with Crippen LogP contribution >= 0.6 is 35.6 Å². The topological polar surface area (TPSA) is 79.4 Å². The molecule has 1 heterocycles. The molecule has 1 aliphatic carbocycles. The fourth-order valence-corrected chi connectivity index (χ4v) is 6.60. The van der Waals surface area contributed by atoms with Crippen molar-refractivity contribution in [3.05, 3.63) is 63.1 Å². The van der Waals surface area contributed by atoms with Crippen molar-refractivity contribution in [2.75, 3.05) is 38.1 Å². The van der Waals surface area contributed by atoms with Crippen molar-refractivity contribution in [3.63, 3.8) is 0 Å². The van der Waals surface area contributed by atoms with E-state index in [1.165, 1.54) is 0 Å². The maximum absolute atomic E-state index is 13.9. The SMILES string of the molecule is CN(C(=O)Cc1ccc(Cl)c(Cl)c1)[C@H]1c2cc(N(CC(=O)OC(C)(C)C)CC(=O)OC(C)(C)C)ccc2CC[C@@H]1N1CCCC1.Cl. The second kappa shape index (κ2) is 15.6. The summed E-state index contributed by atoms with van der Waals surface area (Å²) in [7, 11) is 1.87. The van der Waals surface area contributed by atoms with Crippen LogP contribution < -0.4 is 4.90 Å². The fourth-order valence-electron chi connectivity index (χ4n) is 6.27. The smallest absolute Gasteiger partial charge is 0.326 e. The summed E-state index contributed by atoms with van der Waals surface area (Å²) in [6.07, 6.45) is 4.27. The number of aryl methyl sites for hydroxylation is 1. The Kier molecular flexibility index (Phi) is 12.9. The molecule has 0 bridgehead atoms. The van der Waals surface area contributed by atoms with Gasteiger partial charge in [0.1, 0.15) is 24.3 Å². The van der Waals surface area contributed by atoms with E-state index in [1.807, 2.05) is 71.7 Å². The zero-order chi connectivity index (χ0) is 33.1. The number of benzene rings is 2. The molecular weight excluding hydrogens is 649 g/mol. The summed E-state index contributed by atoms with van der Waals surface area (Å²) in [5.41, 5.74) is 2.33. The fraction of sp³-hybridized carbons (Fsp3) is 0.571. The normalized spacial score (nSPS) is 18.3. The van der Waals surface area contributed by atoms with E-state index in [-0.39, 0.29) is 49.9 Å². The molecule has 1 saturated heterocycles. The van der Waals surface area contributed by atoms with Gasteiger partial charge in [-0.1, -0.05) is 35.3 Å². The van der Waals surface area contributed by atoms with Gasteiger partial charge in [0.25, 0.3) is 0 Å². The Morgan fingerprint density at radius 3 is 2.00 bits per heavy atom. The average Bonchev–Trinajstić information content (AvgIpc) is 3.46. The second-order valence-corrected chi connectivity index (χ2v) is 15.0. The van der Waals surface area contributed by atoms with Crippen LogP contribution in [0.3, 0.4) is 0 Å². The molecule has 2 aliphatic rings. The van der Waals surface area contributed by atoms with E-state index >= 15 is 0 Å². The van der Waals surface area contributed by atoms with Crippen LogP contribution in [0.2, 0.25) is 10.0 Å². The maximum atomic E-state index is 13.9. The number of anilines is 1. The first-order valence-electron chi connectivity index (χ1n) is 15.8. The largest absolute Gasteiger partial charge is 0.459 e. The Morgan fingerprint density at radius 1 is 0.870 bits per heavy atom. The van der Waals surface area contributed by atoms with Crippen molar-refractivity contribution >= 4 is 59.1 Å². The third-order valence-electron chi connectivity index (χ3n) is 8.13. The van der Waals surface area contributed by atoms with Gasteiger partial charge < -0.3 is 19.3 Å². The molecule has 46 heavy (non-hydrogen) atoms. The number of rotatable bonds is 9. The highest BCUT2D eigenvalue weighted by atomic mass is 35.5. The van der Waals surface area contributed by atoms with E-state index in [4.69, 9.17) is 32.7 Å². The number of halogens is 3. The Balaban J connectivity index is 0.00000576. The number of ether oxygens (including phenoxy) is 2. The molecule has 0 spiro atoms. The molecule has 0 unspecified atom stereocenters. The molecule has 4 rings (SSSR count). The molecule has 2 aromatic carbocycles. The number of carbonyl (C=O) groups excluding carboxylic acids is 3. The Bertz CT molecular complexity index is 1370. The number of carbonyl (C=O) groups is 3. The standard InChI is InChI=1S/C35H47Cl2N3O5.ClH/c1-34(2,3)44-31(42)21-40(22-32(43)45-35(4,5)6)25-13-11-24-12-15-29(39-16-8-9-17-39)33(26(24)20-25)38(7)30(41)19-23-10-14-27(36)28(37)18-23;/h10-11,13-14,18,20,29,33H,8-9,12,15-17,19,21-22H2,1-7H3;1H/t29-,33-;/m0./s1. The zero-order valence-electron chi connectivity index (χ0n) is 28.0. The van der Waals surface area contributed by atoms with Gasteiger partial charge in [-0.05, 0) is 121 Å². The highest BCUT2D eigenvalue weighted by Gasteiger charge is 2.39. The van der Waals surface area contributed by atoms with Gasteiger partial charge in [-0.2, -0.15) is 0 Å². The number of likely N-dealkylation sites (tertiary alicyclic amines) is 1. The van der Waals surface area contributed by atoms with Gasteiger partial charge in [0, 0.05) is 18.8 Å². The molecule has 8 nitrogen and oxygen atoms in total. The van der Waals surface area contributed by atoms with Gasteiger partial charge in [-0.25, -0.2) is 0 Å². The molecule has 2 aromatic rings. The molecule has 1 amide bonds. The van der Waals surface area contributed by atoms with Crippen molar-refractivity contribution in [1.29, 1.82) is 0 Å². The third kappa shape index (κ3) is 10.2. The van der Waals surface area contributed by atoms with Gasteiger partial charge >= 0.3 is 11.9 Å². The van der Waals surface area contributed by atoms with Crippen LogP contribution in [0.25, 0.3) is 0 Å². The maximum Gasteiger partial charge on any atom is 0.326 e. The van der Waals surface area contributed by atoms with Crippen LogP contribution in [-0.4, -0.2) is 78.1 Å². The summed E-state index contributed by atoms with van der Waals surface area (Å²) in [5.74, 6) is -0.909. The monoisotopic (exact) mass is 695 g/mol. The van der Waals surface area contributed by atoms with Crippen LogP contribution in [-0.2, 0) is 36.7 Å². The quantitative estimate of drug-likeness (QED) is 0.260. The van der Waals surface area contributed by atoms with E-state index < -0.39 is 23.1 Å². The number of likely N-dealkylation sites (N-methyl/N-ethyl adjacent to an activating group) is 1. The molecule has 0 aromatic heterocycles. The van der Waals surface area contributed by atoms with E-state index in [1.54, 1.807) is 17.0 Å². The summed E-state index contributed by atoms with van der Waals surface area (Å²) < 4.78 is 11.2. The summed E-state index contributed by atoms with van der Waals surface area (Å²) in [4.78, 5) is 45.9. The number of amides is 1. The number of hydrogen-bond acceptors (Lipinski definition) is 7. The Hall–Kier alpha value is -2.52. The summed E-state index contributed by atoms with van der Waals surface area (Å²) in [6, 6.07) is 11.3. The Morgan fingerprint density at radius 2 is 1.46 bits per heavy atom. The van der Waals surface area contributed by atoms with Crippen LogP contribution in [0.1, 0.15) is 83.5 Å². The van der Waals surface area contributed by atoms with Crippen molar-refractivity contribution in [2.45, 2.75) is 96.9 Å². The van der Waals surface area contributed by atoms with Crippen molar-refractivity contribution < 1.29 is 23.9 Å². The molecule has 0 N–H and O–H groups in total.